The molecule has 156 valence electrons. The van der Waals surface area contributed by atoms with Crippen LogP contribution in [0.3, 0.4) is 0 Å². The van der Waals surface area contributed by atoms with Crippen molar-refractivity contribution in [3.63, 3.8) is 0 Å². The second-order valence-corrected chi connectivity index (χ2v) is 7.86. The molecule has 1 atom stereocenters. The highest BCUT2D eigenvalue weighted by Crippen LogP contribution is 2.35. The first-order valence-electron chi connectivity index (χ1n) is 10.4. The number of rotatable bonds is 3. The van der Waals surface area contributed by atoms with E-state index < -0.39 is 0 Å². The van der Waals surface area contributed by atoms with Crippen molar-refractivity contribution in [1.29, 1.82) is 0 Å². The van der Waals surface area contributed by atoms with Crippen LogP contribution in [0.2, 0.25) is 0 Å². The SMILES string of the molecule is Cc1ccc(NC(=O)N2CCC[C@H]2c2nc3cc(-c4ccccc4F)ccc3o2)cc1. The molecule has 2 amide bonds. The van der Waals surface area contributed by atoms with Gasteiger partial charge in [-0.25, -0.2) is 14.2 Å². The standard InChI is InChI=1S/C25H22FN3O2/c1-16-8-11-18(12-9-16)27-25(30)29-14-4-7-22(29)24-28-21-15-17(10-13-23(21)31-24)19-5-2-3-6-20(19)26/h2-3,5-6,8-13,15,22H,4,7,14H2,1H3,(H,27,30)/t22-/m0/s1. The van der Waals surface area contributed by atoms with E-state index in [9.17, 15) is 9.18 Å². The van der Waals surface area contributed by atoms with E-state index in [-0.39, 0.29) is 17.9 Å². The second kappa shape index (κ2) is 7.87. The topological polar surface area (TPSA) is 58.4 Å². The lowest BCUT2D eigenvalue weighted by Gasteiger charge is -2.22. The van der Waals surface area contributed by atoms with E-state index in [1.165, 1.54) is 6.07 Å². The van der Waals surface area contributed by atoms with Crippen LogP contribution in [0.1, 0.15) is 30.3 Å². The predicted octanol–water partition coefficient (Wildman–Crippen LogP) is 6.31. The van der Waals surface area contributed by atoms with Crippen LogP contribution in [-0.4, -0.2) is 22.5 Å². The van der Waals surface area contributed by atoms with Crippen molar-refractivity contribution in [2.24, 2.45) is 0 Å². The van der Waals surface area contributed by atoms with E-state index in [1.807, 2.05) is 43.3 Å². The summed E-state index contributed by atoms with van der Waals surface area (Å²) >= 11 is 0. The zero-order valence-electron chi connectivity index (χ0n) is 17.1. The fourth-order valence-corrected chi connectivity index (χ4v) is 4.05. The zero-order valence-corrected chi connectivity index (χ0v) is 17.1. The van der Waals surface area contributed by atoms with Crippen molar-refractivity contribution >= 4 is 22.8 Å². The maximum Gasteiger partial charge on any atom is 0.322 e. The summed E-state index contributed by atoms with van der Waals surface area (Å²) in [6.45, 7) is 2.65. The van der Waals surface area contributed by atoms with Crippen molar-refractivity contribution in [2.75, 3.05) is 11.9 Å². The number of amides is 2. The number of fused-ring (bicyclic) bond motifs is 1. The summed E-state index contributed by atoms with van der Waals surface area (Å²) in [5.74, 6) is 0.234. The van der Waals surface area contributed by atoms with Gasteiger partial charge >= 0.3 is 6.03 Å². The number of carbonyl (C=O) groups is 1. The maximum absolute atomic E-state index is 14.2. The fraction of sp³-hybridized carbons (Fsp3) is 0.200. The Labute approximate surface area is 179 Å². The van der Waals surface area contributed by atoms with Crippen molar-refractivity contribution < 1.29 is 13.6 Å². The molecule has 0 aliphatic carbocycles. The second-order valence-electron chi connectivity index (χ2n) is 7.86. The fourth-order valence-electron chi connectivity index (χ4n) is 4.05. The number of oxazole rings is 1. The molecule has 2 heterocycles. The molecule has 6 heteroatoms. The molecule has 1 saturated heterocycles. The highest BCUT2D eigenvalue weighted by molar-refractivity contribution is 5.90. The largest absolute Gasteiger partial charge is 0.438 e. The average molecular weight is 415 g/mol. The molecule has 0 bridgehead atoms. The zero-order chi connectivity index (χ0) is 21.4. The van der Waals surface area contributed by atoms with E-state index in [0.717, 1.165) is 29.7 Å². The molecule has 1 N–H and O–H groups in total. The summed E-state index contributed by atoms with van der Waals surface area (Å²) in [5.41, 5.74) is 4.44. The third-order valence-corrected chi connectivity index (χ3v) is 5.69. The average Bonchev–Trinajstić information content (AvgIpc) is 3.42. The van der Waals surface area contributed by atoms with Gasteiger partial charge in [-0.05, 0) is 55.7 Å². The van der Waals surface area contributed by atoms with Gasteiger partial charge in [-0.3, -0.25) is 0 Å². The lowest BCUT2D eigenvalue weighted by molar-refractivity contribution is 0.199. The molecular formula is C25H22FN3O2. The van der Waals surface area contributed by atoms with Gasteiger partial charge in [-0.1, -0.05) is 42.0 Å². The molecule has 5 rings (SSSR count). The molecule has 31 heavy (non-hydrogen) atoms. The number of anilines is 1. The van der Waals surface area contributed by atoms with Crippen LogP contribution in [0.4, 0.5) is 14.9 Å². The molecule has 0 saturated carbocycles. The summed E-state index contributed by atoms with van der Waals surface area (Å²) < 4.78 is 20.2. The number of benzene rings is 3. The van der Waals surface area contributed by atoms with Crippen LogP contribution in [0.25, 0.3) is 22.2 Å². The highest BCUT2D eigenvalue weighted by atomic mass is 19.1. The quantitative estimate of drug-likeness (QED) is 0.426. The molecule has 1 aliphatic heterocycles. The van der Waals surface area contributed by atoms with Gasteiger partial charge in [-0.2, -0.15) is 0 Å². The maximum atomic E-state index is 14.2. The molecular weight excluding hydrogens is 393 g/mol. The van der Waals surface area contributed by atoms with Gasteiger partial charge in [0.15, 0.2) is 5.58 Å². The Balaban J connectivity index is 1.40. The minimum atomic E-state index is -0.277. The van der Waals surface area contributed by atoms with Crippen LogP contribution in [0.15, 0.2) is 71.1 Å². The van der Waals surface area contributed by atoms with Gasteiger partial charge in [0, 0.05) is 17.8 Å². The van der Waals surface area contributed by atoms with E-state index in [2.05, 4.69) is 10.3 Å². The number of carbonyl (C=O) groups excluding carboxylic acids is 1. The molecule has 4 aromatic rings. The smallest absolute Gasteiger partial charge is 0.322 e. The van der Waals surface area contributed by atoms with E-state index in [0.29, 0.717) is 29.1 Å². The monoisotopic (exact) mass is 415 g/mol. The van der Waals surface area contributed by atoms with Crippen molar-refractivity contribution in [3.05, 3.63) is 84.0 Å². The summed E-state index contributed by atoms with van der Waals surface area (Å²) in [6, 6.07) is 19.4. The molecule has 1 aromatic heterocycles. The van der Waals surface area contributed by atoms with Crippen LogP contribution in [0, 0.1) is 12.7 Å². The van der Waals surface area contributed by atoms with Crippen LogP contribution in [-0.2, 0) is 0 Å². The van der Waals surface area contributed by atoms with Crippen LogP contribution < -0.4 is 5.32 Å². The molecule has 0 radical (unpaired) electrons. The number of halogens is 1. The first kappa shape index (κ1) is 19.3. The van der Waals surface area contributed by atoms with Crippen molar-refractivity contribution in [3.8, 4) is 11.1 Å². The van der Waals surface area contributed by atoms with Gasteiger partial charge in [0.25, 0.3) is 0 Å². The number of nitrogens with one attached hydrogen (secondary N) is 1. The summed E-state index contributed by atoms with van der Waals surface area (Å²) in [5, 5.41) is 2.96. The summed E-state index contributed by atoms with van der Waals surface area (Å²) in [6.07, 6.45) is 1.67. The van der Waals surface area contributed by atoms with Gasteiger partial charge < -0.3 is 14.6 Å². The Morgan fingerprint density at radius 3 is 2.74 bits per heavy atom. The van der Waals surface area contributed by atoms with E-state index in [4.69, 9.17) is 4.42 Å². The molecule has 0 unspecified atom stereocenters. The highest BCUT2D eigenvalue weighted by Gasteiger charge is 2.33. The Hall–Kier alpha value is -3.67. The van der Waals surface area contributed by atoms with Crippen LogP contribution >= 0.6 is 0 Å². The minimum Gasteiger partial charge on any atom is -0.438 e. The number of nitrogens with zero attached hydrogens (tertiary/aromatic N) is 2. The molecule has 0 spiro atoms. The Bertz CT molecular complexity index is 1250. The first-order valence-corrected chi connectivity index (χ1v) is 10.4. The predicted molar refractivity (Wildman–Crippen MR) is 118 cm³/mol. The number of aryl methyl sites for hydroxylation is 1. The summed E-state index contributed by atoms with van der Waals surface area (Å²) in [4.78, 5) is 19.3. The van der Waals surface area contributed by atoms with Gasteiger partial charge in [0.2, 0.25) is 5.89 Å². The lowest BCUT2D eigenvalue weighted by atomic mass is 10.0. The normalized spacial score (nSPS) is 16.1. The lowest BCUT2D eigenvalue weighted by Crippen LogP contribution is -2.34. The minimum absolute atomic E-state index is 0.166. The summed E-state index contributed by atoms with van der Waals surface area (Å²) in [7, 11) is 0. The van der Waals surface area contributed by atoms with Crippen molar-refractivity contribution in [1.82, 2.24) is 9.88 Å². The number of hydrogen-bond acceptors (Lipinski definition) is 3. The Morgan fingerprint density at radius 2 is 1.94 bits per heavy atom. The number of urea groups is 1. The molecule has 1 fully saturated rings. The Morgan fingerprint density at radius 1 is 1.13 bits per heavy atom. The van der Waals surface area contributed by atoms with Crippen molar-refractivity contribution in [2.45, 2.75) is 25.8 Å². The van der Waals surface area contributed by atoms with E-state index in [1.54, 1.807) is 29.2 Å². The number of hydrogen-bond donors (Lipinski definition) is 1. The third-order valence-electron chi connectivity index (χ3n) is 5.69. The molecule has 3 aromatic carbocycles. The third kappa shape index (κ3) is 3.77. The van der Waals surface area contributed by atoms with Crippen LogP contribution in [0.5, 0.6) is 0 Å². The number of likely N-dealkylation sites (tertiary alicyclic amines) is 1. The first-order chi connectivity index (χ1) is 15.1. The van der Waals surface area contributed by atoms with Gasteiger partial charge in [-0.15, -0.1) is 0 Å². The molecule has 1 aliphatic rings. The van der Waals surface area contributed by atoms with E-state index >= 15 is 0 Å². The Kier molecular flexibility index (Phi) is 4.90. The molecule has 5 nitrogen and oxygen atoms in total. The number of aromatic nitrogens is 1. The van der Waals surface area contributed by atoms with Gasteiger partial charge in [0.05, 0.1) is 0 Å². The van der Waals surface area contributed by atoms with Gasteiger partial charge in [0.1, 0.15) is 17.4 Å².